The second-order valence-corrected chi connectivity index (χ2v) is 5.48. The Labute approximate surface area is 117 Å². The van der Waals surface area contributed by atoms with Gasteiger partial charge in [0, 0.05) is 17.1 Å². The average molecular weight is 278 g/mol. The molecule has 0 aliphatic carbocycles. The van der Waals surface area contributed by atoms with E-state index in [1.807, 2.05) is 12.1 Å². The fraction of sp³-hybridized carbons (Fsp3) is 0.333. The quantitative estimate of drug-likeness (QED) is 0.877. The molecule has 0 unspecified atom stereocenters. The van der Waals surface area contributed by atoms with Gasteiger partial charge in [0.15, 0.2) is 0 Å². The molecule has 0 bridgehead atoms. The van der Waals surface area contributed by atoms with E-state index in [9.17, 15) is 4.39 Å². The predicted molar refractivity (Wildman–Crippen MR) is 80.2 cm³/mol. The topological polar surface area (TPSA) is 29.3 Å². The molecule has 0 amide bonds. The van der Waals surface area contributed by atoms with E-state index in [2.05, 4.69) is 23.3 Å². The Morgan fingerprint density at radius 2 is 2.16 bits per heavy atom. The zero-order valence-corrected chi connectivity index (χ0v) is 11.9. The van der Waals surface area contributed by atoms with E-state index in [4.69, 9.17) is 5.73 Å². The number of halogens is 1. The van der Waals surface area contributed by atoms with Crippen molar-refractivity contribution >= 4 is 17.0 Å². The first-order chi connectivity index (χ1) is 9.22. The van der Waals surface area contributed by atoms with Gasteiger partial charge in [0.25, 0.3) is 0 Å². The Kier molecular flexibility index (Phi) is 4.93. The van der Waals surface area contributed by atoms with E-state index in [1.54, 1.807) is 23.5 Å². The summed E-state index contributed by atoms with van der Waals surface area (Å²) in [7, 11) is 0. The van der Waals surface area contributed by atoms with Crippen molar-refractivity contribution in [2.24, 2.45) is 5.73 Å². The number of anilines is 1. The van der Waals surface area contributed by atoms with Gasteiger partial charge in [0.2, 0.25) is 0 Å². The number of thiophene rings is 1. The Hall–Kier alpha value is -1.39. The molecule has 0 aliphatic heterocycles. The summed E-state index contributed by atoms with van der Waals surface area (Å²) in [5.41, 5.74) is 7.43. The number of hydrogen-bond acceptors (Lipinski definition) is 3. The van der Waals surface area contributed by atoms with Crippen LogP contribution in [0.15, 0.2) is 35.7 Å². The summed E-state index contributed by atoms with van der Waals surface area (Å²) in [6.45, 7) is 4.30. The third kappa shape index (κ3) is 3.78. The fourth-order valence-corrected chi connectivity index (χ4v) is 2.82. The van der Waals surface area contributed by atoms with Crippen LogP contribution < -0.4 is 10.6 Å². The van der Waals surface area contributed by atoms with Crippen molar-refractivity contribution < 1.29 is 4.39 Å². The first-order valence-corrected chi connectivity index (χ1v) is 7.37. The molecule has 2 N–H and O–H groups in total. The van der Waals surface area contributed by atoms with E-state index in [1.165, 1.54) is 4.88 Å². The lowest BCUT2D eigenvalue weighted by molar-refractivity contribution is 0.624. The molecule has 102 valence electrons. The molecule has 1 aromatic carbocycles. The first-order valence-electron chi connectivity index (χ1n) is 6.49. The van der Waals surface area contributed by atoms with E-state index < -0.39 is 0 Å². The summed E-state index contributed by atoms with van der Waals surface area (Å²) in [5.74, 6) is -0.189. The van der Waals surface area contributed by atoms with Crippen LogP contribution in [0.5, 0.6) is 0 Å². The molecule has 4 heteroatoms. The second-order valence-electron chi connectivity index (χ2n) is 4.45. The number of nitrogens with two attached hydrogens (primary N) is 1. The highest BCUT2D eigenvalue weighted by molar-refractivity contribution is 7.09. The van der Waals surface area contributed by atoms with Gasteiger partial charge in [-0.25, -0.2) is 4.39 Å². The van der Waals surface area contributed by atoms with Crippen molar-refractivity contribution in [3.05, 3.63) is 52.0 Å². The number of nitrogens with zero attached hydrogens (tertiary/aromatic N) is 1. The standard InChI is InChI=1S/C15H19FN2S/c1-2-18(11-15-4-3-7-19-15)14-9-12(5-6-17)8-13(16)10-14/h3-4,7-10H,2,5-6,11,17H2,1H3. The van der Waals surface area contributed by atoms with Crippen LogP contribution in [-0.2, 0) is 13.0 Å². The minimum absolute atomic E-state index is 0.189. The van der Waals surface area contributed by atoms with Gasteiger partial charge in [-0.3, -0.25) is 0 Å². The SMILES string of the molecule is CCN(Cc1cccs1)c1cc(F)cc(CCN)c1. The van der Waals surface area contributed by atoms with Crippen LogP contribution in [0.2, 0.25) is 0 Å². The Balaban J connectivity index is 2.21. The predicted octanol–water partition coefficient (Wildman–Crippen LogP) is 3.41. The largest absolute Gasteiger partial charge is 0.367 e. The lowest BCUT2D eigenvalue weighted by atomic mass is 10.1. The molecule has 0 spiro atoms. The molecular weight excluding hydrogens is 259 g/mol. The summed E-state index contributed by atoms with van der Waals surface area (Å²) < 4.78 is 13.7. The Bertz CT molecular complexity index is 511. The molecule has 19 heavy (non-hydrogen) atoms. The van der Waals surface area contributed by atoms with Gasteiger partial charge in [-0.1, -0.05) is 6.07 Å². The summed E-state index contributed by atoms with van der Waals surface area (Å²) in [5, 5.41) is 2.06. The van der Waals surface area contributed by atoms with Crippen LogP contribution in [0.4, 0.5) is 10.1 Å². The zero-order valence-electron chi connectivity index (χ0n) is 11.1. The maximum absolute atomic E-state index is 13.7. The lowest BCUT2D eigenvalue weighted by Gasteiger charge is -2.23. The van der Waals surface area contributed by atoms with Crippen molar-refractivity contribution in [2.75, 3.05) is 18.0 Å². The van der Waals surface area contributed by atoms with Crippen LogP contribution in [0.1, 0.15) is 17.4 Å². The highest BCUT2D eigenvalue weighted by atomic mass is 32.1. The third-order valence-electron chi connectivity index (χ3n) is 3.05. The highest BCUT2D eigenvalue weighted by Gasteiger charge is 2.09. The van der Waals surface area contributed by atoms with Crippen LogP contribution in [0, 0.1) is 5.82 Å². The van der Waals surface area contributed by atoms with Crippen molar-refractivity contribution in [3.63, 3.8) is 0 Å². The number of benzene rings is 1. The van der Waals surface area contributed by atoms with Crippen LogP contribution in [0.25, 0.3) is 0 Å². The summed E-state index contributed by atoms with van der Waals surface area (Å²) in [4.78, 5) is 3.46. The van der Waals surface area contributed by atoms with Gasteiger partial charge in [-0.2, -0.15) is 0 Å². The van der Waals surface area contributed by atoms with Crippen molar-refractivity contribution in [3.8, 4) is 0 Å². The molecule has 0 aliphatic rings. The van der Waals surface area contributed by atoms with E-state index in [0.717, 1.165) is 24.3 Å². The van der Waals surface area contributed by atoms with Crippen molar-refractivity contribution in [1.29, 1.82) is 0 Å². The van der Waals surface area contributed by atoms with Gasteiger partial charge in [-0.15, -0.1) is 11.3 Å². The second kappa shape index (κ2) is 6.68. The zero-order chi connectivity index (χ0) is 13.7. The molecule has 0 fully saturated rings. The minimum atomic E-state index is -0.189. The maximum Gasteiger partial charge on any atom is 0.125 e. The number of rotatable bonds is 6. The number of hydrogen-bond donors (Lipinski definition) is 1. The molecule has 2 nitrogen and oxygen atoms in total. The summed E-state index contributed by atoms with van der Waals surface area (Å²) in [6.07, 6.45) is 0.710. The lowest BCUT2D eigenvalue weighted by Crippen LogP contribution is -2.21. The van der Waals surface area contributed by atoms with E-state index in [0.29, 0.717) is 13.0 Å². The van der Waals surface area contributed by atoms with Crippen LogP contribution >= 0.6 is 11.3 Å². The van der Waals surface area contributed by atoms with Crippen molar-refractivity contribution in [1.82, 2.24) is 0 Å². The van der Waals surface area contributed by atoms with Crippen molar-refractivity contribution in [2.45, 2.75) is 19.9 Å². The third-order valence-corrected chi connectivity index (χ3v) is 3.91. The normalized spacial score (nSPS) is 10.7. The molecule has 2 rings (SSSR count). The van der Waals surface area contributed by atoms with Crippen LogP contribution in [0.3, 0.4) is 0 Å². The van der Waals surface area contributed by atoms with Gasteiger partial charge in [-0.05, 0) is 55.1 Å². The fourth-order valence-electron chi connectivity index (χ4n) is 2.10. The molecule has 0 saturated heterocycles. The monoisotopic (exact) mass is 278 g/mol. The van der Waals surface area contributed by atoms with E-state index >= 15 is 0 Å². The Morgan fingerprint density at radius 3 is 2.79 bits per heavy atom. The van der Waals surface area contributed by atoms with Gasteiger partial charge < -0.3 is 10.6 Å². The average Bonchev–Trinajstić information content (AvgIpc) is 2.88. The Morgan fingerprint density at radius 1 is 1.32 bits per heavy atom. The molecule has 0 saturated carbocycles. The molecule has 1 aromatic heterocycles. The molecular formula is C15H19FN2S. The molecule has 0 radical (unpaired) electrons. The molecule has 0 atom stereocenters. The van der Waals surface area contributed by atoms with Gasteiger partial charge in [0.05, 0.1) is 6.54 Å². The smallest absolute Gasteiger partial charge is 0.125 e. The highest BCUT2D eigenvalue weighted by Crippen LogP contribution is 2.22. The summed E-state index contributed by atoms with van der Waals surface area (Å²) >= 11 is 1.72. The minimum Gasteiger partial charge on any atom is -0.367 e. The first kappa shape index (κ1) is 14.0. The summed E-state index contributed by atoms with van der Waals surface area (Å²) in [6, 6.07) is 9.34. The molecule has 2 aromatic rings. The van der Waals surface area contributed by atoms with E-state index in [-0.39, 0.29) is 5.82 Å². The molecule has 1 heterocycles. The van der Waals surface area contributed by atoms with Crippen LogP contribution in [-0.4, -0.2) is 13.1 Å². The van der Waals surface area contributed by atoms with Gasteiger partial charge >= 0.3 is 0 Å². The van der Waals surface area contributed by atoms with Gasteiger partial charge in [0.1, 0.15) is 5.82 Å². The maximum atomic E-state index is 13.7.